The van der Waals surface area contributed by atoms with E-state index in [-0.39, 0.29) is 0 Å². The van der Waals surface area contributed by atoms with Crippen molar-refractivity contribution in [3.05, 3.63) is 0 Å². The first-order valence-electron chi connectivity index (χ1n) is 4.51. The van der Waals surface area contributed by atoms with Crippen molar-refractivity contribution in [2.45, 2.75) is 6.42 Å². The van der Waals surface area contributed by atoms with E-state index < -0.39 is 0 Å². The minimum absolute atomic E-state index is 0.642. The summed E-state index contributed by atoms with van der Waals surface area (Å²) in [5.41, 5.74) is 0.642. The predicted octanol–water partition coefficient (Wildman–Crippen LogP) is 0.406. The van der Waals surface area contributed by atoms with Crippen LogP contribution < -0.4 is 5.32 Å². The summed E-state index contributed by atoms with van der Waals surface area (Å²) in [6, 6.07) is 0. The molecule has 3 nitrogen and oxygen atoms in total. The molecule has 0 aromatic heterocycles. The van der Waals surface area contributed by atoms with Gasteiger partial charge < -0.3 is 5.32 Å². The fourth-order valence-electron chi connectivity index (χ4n) is 1.96. The molecule has 2 aliphatic heterocycles. The Balaban J connectivity index is 1.81. The third-order valence-corrected chi connectivity index (χ3v) is 3.55. The molecule has 12 heavy (non-hydrogen) atoms. The maximum absolute atomic E-state index is 3.37. The van der Waals surface area contributed by atoms with E-state index in [1.54, 1.807) is 0 Å². The fraction of sp³-hybridized carbons (Fsp3) is 1.00. The Labute approximate surface area is 78.7 Å². The molecule has 0 aliphatic carbocycles. The van der Waals surface area contributed by atoms with Crippen LogP contribution in [-0.4, -0.2) is 48.9 Å². The molecule has 0 amide bonds. The zero-order chi connectivity index (χ0) is 8.60. The molecule has 1 N–H and O–H groups in total. The zero-order valence-electron chi connectivity index (χ0n) is 7.84. The van der Waals surface area contributed by atoms with Crippen LogP contribution in [0.4, 0.5) is 0 Å². The Bertz CT molecular complexity index is 168. The standard InChI is InChI=1S/C8H17N3S/c1-10(2)12-11-4-3-8(7-11)5-9-6-8/h9H,3-7H2,1-2H3. The summed E-state index contributed by atoms with van der Waals surface area (Å²) in [5, 5.41) is 3.37. The van der Waals surface area contributed by atoms with Gasteiger partial charge in [0.05, 0.1) is 0 Å². The minimum atomic E-state index is 0.642. The number of nitrogens with zero attached hydrogens (tertiary/aromatic N) is 2. The predicted molar refractivity (Wildman–Crippen MR) is 52.8 cm³/mol. The first-order valence-corrected chi connectivity index (χ1v) is 5.24. The lowest BCUT2D eigenvalue weighted by Gasteiger charge is -2.39. The quantitative estimate of drug-likeness (QED) is 0.631. The minimum Gasteiger partial charge on any atom is -0.315 e. The molecule has 70 valence electrons. The van der Waals surface area contributed by atoms with Gasteiger partial charge in [-0.1, -0.05) is 0 Å². The Hall–Kier alpha value is 0.230. The summed E-state index contributed by atoms with van der Waals surface area (Å²) in [5.74, 6) is 0. The first kappa shape index (κ1) is 8.81. The molecule has 2 aliphatic rings. The zero-order valence-corrected chi connectivity index (χ0v) is 8.65. The summed E-state index contributed by atoms with van der Waals surface area (Å²) in [6.07, 6.45) is 1.38. The summed E-state index contributed by atoms with van der Waals surface area (Å²) in [7, 11) is 4.21. The second-order valence-corrected chi connectivity index (χ2v) is 5.52. The molecule has 0 unspecified atom stereocenters. The van der Waals surface area contributed by atoms with Gasteiger partial charge in [0, 0.05) is 43.7 Å². The van der Waals surface area contributed by atoms with E-state index >= 15 is 0 Å². The van der Waals surface area contributed by atoms with Gasteiger partial charge in [-0.2, -0.15) is 0 Å². The summed E-state index contributed by atoms with van der Waals surface area (Å²) in [4.78, 5) is 0. The van der Waals surface area contributed by atoms with Gasteiger partial charge in [-0.05, 0) is 20.5 Å². The molecular formula is C8H17N3S. The van der Waals surface area contributed by atoms with E-state index in [0.717, 1.165) is 0 Å². The maximum atomic E-state index is 3.37. The van der Waals surface area contributed by atoms with Crippen molar-refractivity contribution >= 4 is 12.1 Å². The average molecular weight is 187 g/mol. The molecule has 1 spiro atoms. The lowest BCUT2D eigenvalue weighted by molar-refractivity contribution is 0.188. The van der Waals surface area contributed by atoms with E-state index in [1.807, 2.05) is 12.1 Å². The van der Waals surface area contributed by atoms with Gasteiger partial charge in [0.1, 0.15) is 0 Å². The van der Waals surface area contributed by atoms with Crippen LogP contribution in [0, 0.1) is 5.41 Å². The van der Waals surface area contributed by atoms with Crippen molar-refractivity contribution in [2.24, 2.45) is 5.41 Å². The van der Waals surface area contributed by atoms with Crippen LogP contribution in [0.15, 0.2) is 0 Å². The Morgan fingerprint density at radius 2 is 2.17 bits per heavy atom. The first-order chi connectivity index (χ1) is 5.70. The van der Waals surface area contributed by atoms with Gasteiger partial charge in [0.15, 0.2) is 0 Å². The Kier molecular flexibility index (Phi) is 2.33. The highest BCUT2D eigenvalue weighted by atomic mass is 32.2. The highest BCUT2D eigenvalue weighted by Crippen LogP contribution is 2.37. The number of rotatable bonds is 2. The molecule has 2 saturated heterocycles. The molecule has 2 heterocycles. The second kappa shape index (κ2) is 3.18. The van der Waals surface area contributed by atoms with Crippen molar-refractivity contribution < 1.29 is 0 Å². The van der Waals surface area contributed by atoms with Gasteiger partial charge in [-0.3, -0.25) is 0 Å². The summed E-state index contributed by atoms with van der Waals surface area (Å²) < 4.78 is 4.64. The van der Waals surface area contributed by atoms with Crippen molar-refractivity contribution in [1.29, 1.82) is 0 Å². The van der Waals surface area contributed by atoms with Crippen LogP contribution in [0.1, 0.15) is 6.42 Å². The highest BCUT2D eigenvalue weighted by molar-refractivity contribution is 7.94. The van der Waals surface area contributed by atoms with E-state index in [9.17, 15) is 0 Å². The normalized spacial score (nSPS) is 28.2. The molecule has 0 saturated carbocycles. The lowest BCUT2D eigenvalue weighted by atomic mass is 9.81. The molecule has 0 bridgehead atoms. The molecule has 0 aromatic rings. The molecule has 0 atom stereocenters. The van der Waals surface area contributed by atoms with Crippen molar-refractivity contribution in [3.8, 4) is 0 Å². The van der Waals surface area contributed by atoms with Crippen molar-refractivity contribution in [1.82, 2.24) is 13.9 Å². The van der Waals surface area contributed by atoms with Crippen molar-refractivity contribution in [3.63, 3.8) is 0 Å². The molecular weight excluding hydrogens is 170 g/mol. The topological polar surface area (TPSA) is 18.5 Å². The highest BCUT2D eigenvalue weighted by Gasteiger charge is 2.43. The average Bonchev–Trinajstić information content (AvgIpc) is 2.29. The van der Waals surface area contributed by atoms with Crippen LogP contribution in [0.25, 0.3) is 0 Å². The SMILES string of the molecule is CN(C)SN1CCC2(CNC2)C1. The molecule has 0 radical (unpaired) electrons. The van der Waals surface area contributed by atoms with Gasteiger partial charge >= 0.3 is 0 Å². The van der Waals surface area contributed by atoms with Crippen LogP contribution in [0.5, 0.6) is 0 Å². The van der Waals surface area contributed by atoms with E-state index in [2.05, 4.69) is 28.0 Å². The molecule has 2 fully saturated rings. The third kappa shape index (κ3) is 1.62. The van der Waals surface area contributed by atoms with Crippen LogP contribution in [-0.2, 0) is 0 Å². The van der Waals surface area contributed by atoms with Crippen molar-refractivity contribution in [2.75, 3.05) is 40.3 Å². The third-order valence-electron chi connectivity index (χ3n) is 2.68. The lowest BCUT2D eigenvalue weighted by Crippen LogP contribution is -2.54. The second-order valence-electron chi connectivity index (χ2n) is 4.11. The summed E-state index contributed by atoms with van der Waals surface area (Å²) in [6.45, 7) is 4.99. The molecule has 4 heteroatoms. The maximum Gasteiger partial charge on any atom is 0.0183 e. The van der Waals surface area contributed by atoms with Crippen LogP contribution in [0.2, 0.25) is 0 Å². The van der Waals surface area contributed by atoms with E-state index in [1.165, 1.54) is 32.6 Å². The van der Waals surface area contributed by atoms with E-state index in [0.29, 0.717) is 5.41 Å². The number of nitrogens with one attached hydrogen (secondary N) is 1. The van der Waals surface area contributed by atoms with E-state index in [4.69, 9.17) is 0 Å². The fourth-order valence-corrected chi connectivity index (χ4v) is 2.93. The van der Waals surface area contributed by atoms with Crippen LogP contribution in [0.3, 0.4) is 0 Å². The molecule has 0 aromatic carbocycles. The monoisotopic (exact) mass is 187 g/mol. The van der Waals surface area contributed by atoms with Crippen LogP contribution >= 0.6 is 12.1 Å². The molecule has 2 rings (SSSR count). The van der Waals surface area contributed by atoms with Gasteiger partial charge in [-0.25, -0.2) is 8.61 Å². The largest absolute Gasteiger partial charge is 0.315 e. The number of hydrogen-bond acceptors (Lipinski definition) is 4. The summed E-state index contributed by atoms with van der Waals surface area (Å²) >= 11 is 1.85. The Morgan fingerprint density at radius 1 is 1.42 bits per heavy atom. The van der Waals surface area contributed by atoms with Gasteiger partial charge in [0.25, 0.3) is 0 Å². The smallest absolute Gasteiger partial charge is 0.0183 e. The van der Waals surface area contributed by atoms with Gasteiger partial charge in [0.2, 0.25) is 0 Å². The Morgan fingerprint density at radius 3 is 2.58 bits per heavy atom. The van der Waals surface area contributed by atoms with Gasteiger partial charge in [-0.15, -0.1) is 0 Å². The number of hydrogen-bond donors (Lipinski definition) is 1.